The molecule has 0 bridgehead atoms. The Bertz CT molecular complexity index is 1010. The van der Waals surface area contributed by atoms with Crippen molar-refractivity contribution >= 4 is 44.8 Å². The van der Waals surface area contributed by atoms with Crippen molar-refractivity contribution in [3.8, 4) is 11.5 Å². The van der Waals surface area contributed by atoms with Gasteiger partial charge < -0.3 is 14.8 Å². The summed E-state index contributed by atoms with van der Waals surface area (Å²) in [6, 6.07) is 12.5. The summed E-state index contributed by atoms with van der Waals surface area (Å²) in [5.74, 6) is -0.00868. The standard InChI is InChI=1S/C21H16BrCl2F2NO2/c1-28-20-8-12(10-27-13-5-6-19(26)17(24)9-13)7-15(22)21(20)29-11-14-16(23)3-2-4-18(14)25/h2-9,27H,10-11H2,1H3. The van der Waals surface area contributed by atoms with Crippen LogP contribution >= 0.6 is 39.1 Å². The van der Waals surface area contributed by atoms with E-state index in [1.807, 2.05) is 6.07 Å². The Labute approximate surface area is 185 Å². The van der Waals surface area contributed by atoms with Crippen molar-refractivity contribution in [3.05, 3.63) is 85.8 Å². The molecule has 0 heterocycles. The summed E-state index contributed by atoms with van der Waals surface area (Å²) in [5.41, 5.74) is 1.83. The van der Waals surface area contributed by atoms with Gasteiger partial charge in [-0.05, 0) is 64.0 Å². The lowest BCUT2D eigenvalue weighted by molar-refractivity contribution is 0.278. The maximum Gasteiger partial charge on any atom is 0.175 e. The Hall–Kier alpha value is -2.02. The van der Waals surface area contributed by atoms with E-state index in [1.165, 1.54) is 31.4 Å². The van der Waals surface area contributed by atoms with Gasteiger partial charge in [-0.2, -0.15) is 0 Å². The highest BCUT2D eigenvalue weighted by molar-refractivity contribution is 9.10. The zero-order chi connectivity index (χ0) is 21.0. The summed E-state index contributed by atoms with van der Waals surface area (Å²) < 4.78 is 39.1. The van der Waals surface area contributed by atoms with Crippen molar-refractivity contribution in [1.29, 1.82) is 0 Å². The molecule has 0 radical (unpaired) electrons. The molecule has 8 heteroatoms. The van der Waals surface area contributed by atoms with Crippen LogP contribution in [0.4, 0.5) is 14.5 Å². The third kappa shape index (κ3) is 5.32. The molecular formula is C21H16BrCl2F2NO2. The maximum atomic E-state index is 14.0. The van der Waals surface area contributed by atoms with Crippen LogP contribution in [0.25, 0.3) is 0 Å². The normalized spacial score (nSPS) is 10.7. The zero-order valence-electron chi connectivity index (χ0n) is 15.2. The van der Waals surface area contributed by atoms with E-state index in [2.05, 4.69) is 21.2 Å². The number of ether oxygens (including phenoxy) is 2. The molecule has 0 fully saturated rings. The van der Waals surface area contributed by atoms with Crippen molar-refractivity contribution in [3.63, 3.8) is 0 Å². The lowest BCUT2D eigenvalue weighted by Crippen LogP contribution is -2.04. The number of hydrogen-bond donors (Lipinski definition) is 1. The minimum atomic E-state index is -0.474. The first kappa shape index (κ1) is 21.7. The topological polar surface area (TPSA) is 30.5 Å². The van der Waals surface area contributed by atoms with Crippen LogP contribution in [0.15, 0.2) is 53.0 Å². The summed E-state index contributed by atoms with van der Waals surface area (Å²) in [7, 11) is 1.52. The number of hydrogen-bond acceptors (Lipinski definition) is 3. The smallest absolute Gasteiger partial charge is 0.175 e. The first-order valence-corrected chi connectivity index (χ1v) is 10.0. The predicted molar refractivity (Wildman–Crippen MR) is 115 cm³/mol. The van der Waals surface area contributed by atoms with Crippen LogP contribution < -0.4 is 14.8 Å². The lowest BCUT2D eigenvalue weighted by atomic mass is 10.2. The first-order valence-electron chi connectivity index (χ1n) is 8.50. The van der Waals surface area contributed by atoms with Crippen molar-refractivity contribution in [2.45, 2.75) is 13.2 Å². The van der Waals surface area contributed by atoms with Gasteiger partial charge in [0.05, 0.1) is 21.6 Å². The van der Waals surface area contributed by atoms with E-state index in [9.17, 15) is 8.78 Å². The minimum Gasteiger partial charge on any atom is -0.493 e. The summed E-state index contributed by atoms with van der Waals surface area (Å²) >= 11 is 15.3. The van der Waals surface area contributed by atoms with Gasteiger partial charge in [-0.3, -0.25) is 0 Å². The number of anilines is 1. The van der Waals surface area contributed by atoms with Crippen molar-refractivity contribution in [1.82, 2.24) is 0 Å². The van der Waals surface area contributed by atoms with Gasteiger partial charge in [0, 0.05) is 17.8 Å². The molecule has 1 N–H and O–H groups in total. The van der Waals surface area contributed by atoms with Crippen LogP contribution in [-0.2, 0) is 13.2 Å². The van der Waals surface area contributed by atoms with Gasteiger partial charge in [-0.1, -0.05) is 29.3 Å². The third-order valence-corrected chi connectivity index (χ3v) is 5.36. The number of rotatable bonds is 7. The molecule has 0 aliphatic rings. The molecule has 0 aliphatic carbocycles. The molecule has 3 nitrogen and oxygen atoms in total. The van der Waals surface area contributed by atoms with E-state index in [0.717, 1.165) is 5.56 Å². The summed E-state index contributed by atoms with van der Waals surface area (Å²) in [4.78, 5) is 0. The SMILES string of the molecule is COc1cc(CNc2ccc(F)c(Cl)c2)cc(Br)c1OCc1c(F)cccc1Cl. The minimum absolute atomic E-state index is 0.0457. The third-order valence-electron chi connectivity index (χ3n) is 4.13. The molecule has 0 saturated heterocycles. The highest BCUT2D eigenvalue weighted by Gasteiger charge is 2.15. The molecule has 3 rings (SSSR count). The second-order valence-corrected chi connectivity index (χ2v) is 7.75. The average molecular weight is 503 g/mol. The Morgan fingerprint density at radius 3 is 2.48 bits per heavy atom. The van der Waals surface area contributed by atoms with E-state index in [0.29, 0.717) is 33.2 Å². The highest BCUT2D eigenvalue weighted by Crippen LogP contribution is 2.38. The molecule has 29 heavy (non-hydrogen) atoms. The predicted octanol–water partition coefficient (Wildman–Crippen LogP) is 7.23. The Kier molecular flexibility index (Phi) is 7.22. The van der Waals surface area contributed by atoms with Crippen molar-refractivity contribution in [2.24, 2.45) is 0 Å². The molecule has 0 spiro atoms. The van der Waals surface area contributed by atoms with Crippen molar-refractivity contribution in [2.75, 3.05) is 12.4 Å². The number of methoxy groups -OCH3 is 1. The Morgan fingerprint density at radius 2 is 1.79 bits per heavy atom. The largest absolute Gasteiger partial charge is 0.493 e. The van der Waals surface area contributed by atoms with Gasteiger partial charge in [0.25, 0.3) is 0 Å². The summed E-state index contributed by atoms with van der Waals surface area (Å²) in [6.07, 6.45) is 0. The number of nitrogens with one attached hydrogen (secondary N) is 1. The van der Waals surface area contributed by atoms with E-state index in [1.54, 1.807) is 18.2 Å². The molecule has 3 aromatic rings. The summed E-state index contributed by atoms with van der Waals surface area (Å²) in [5, 5.41) is 3.50. The second kappa shape index (κ2) is 9.65. The molecule has 0 aliphatic heterocycles. The van der Waals surface area contributed by atoms with Crippen LogP contribution in [0.2, 0.25) is 10.0 Å². The highest BCUT2D eigenvalue weighted by atomic mass is 79.9. The fourth-order valence-electron chi connectivity index (χ4n) is 2.64. The van der Waals surface area contributed by atoms with E-state index in [4.69, 9.17) is 32.7 Å². The molecule has 3 aromatic carbocycles. The van der Waals surface area contributed by atoms with Gasteiger partial charge in [-0.25, -0.2) is 8.78 Å². The van der Waals surface area contributed by atoms with Gasteiger partial charge in [0.1, 0.15) is 18.2 Å². The van der Waals surface area contributed by atoms with Gasteiger partial charge >= 0.3 is 0 Å². The van der Waals surface area contributed by atoms with E-state index >= 15 is 0 Å². The quantitative estimate of drug-likeness (QED) is 0.369. The average Bonchev–Trinajstić information content (AvgIpc) is 2.69. The number of halogens is 5. The maximum absolute atomic E-state index is 14.0. The molecule has 152 valence electrons. The Balaban J connectivity index is 1.75. The van der Waals surface area contributed by atoms with Crippen LogP contribution in [0.3, 0.4) is 0 Å². The molecule has 0 atom stereocenters. The van der Waals surface area contributed by atoms with Crippen LogP contribution in [0.5, 0.6) is 11.5 Å². The van der Waals surface area contributed by atoms with Crippen LogP contribution in [-0.4, -0.2) is 7.11 Å². The number of benzene rings is 3. The van der Waals surface area contributed by atoms with Gasteiger partial charge in [-0.15, -0.1) is 0 Å². The molecule has 0 saturated carbocycles. The molecule has 0 aromatic heterocycles. The van der Waals surface area contributed by atoms with Crippen LogP contribution in [0, 0.1) is 11.6 Å². The fourth-order valence-corrected chi connectivity index (χ4v) is 3.64. The Morgan fingerprint density at radius 1 is 1.00 bits per heavy atom. The second-order valence-electron chi connectivity index (χ2n) is 6.08. The summed E-state index contributed by atoms with van der Waals surface area (Å²) in [6.45, 7) is 0.391. The van der Waals surface area contributed by atoms with Gasteiger partial charge in [0.2, 0.25) is 0 Å². The first-order chi connectivity index (χ1) is 13.9. The zero-order valence-corrected chi connectivity index (χ0v) is 18.3. The van der Waals surface area contributed by atoms with Crippen molar-refractivity contribution < 1.29 is 18.3 Å². The molecule has 0 unspecified atom stereocenters. The molecule has 0 amide bonds. The lowest BCUT2D eigenvalue weighted by Gasteiger charge is -2.16. The van der Waals surface area contributed by atoms with E-state index < -0.39 is 11.6 Å². The van der Waals surface area contributed by atoms with Crippen LogP contribution in [0.1, 0.15) is 11.1 Å². The van der Waals surface area contributed by atoms with Gasteiger partial charge in [0.15, 0.2) is 11.5 Å². The monoisotopic (exact) mass is 501 g/mol. The van der Waals surface area contributed by atoms with E-state index in [-0.39, 0.29) is 17.2 Å². The molecular weight excluding hydrogens is 487 g/mol. The fraction of sp³-hybridized carbons (Fsp3) is 0.143.